The quantitative estimate of drug-likeness (QED) is 0.929. The molecule has 5 heteroatoms. The molecule has 0 amide bonds. The van der Waals surface area contributed by atoms with Gasteiger partial charge in [-0.3, -0.25) is 0 Å². The number of nitrogens with two attached hydrogens (primary N) is 1. The van der Waals surface area contributed by atoms with Crippen molar-refractivity contribution in [3.63, 3.8) is 0 Å². The van der Waals surface area contributed by atoms with Crippen LogP contribution in [0.2, 0.25) is 0 Å². The zero-order valence-corrected chi connectivity index (χ0v) is 10.8. The Balaban J connectivity index is 2.28. The molecule has 2 aromatic rings. The molecular formula is C15H14F3NO. The predicted molar refractivity (Wildman–Crippen MR) is 69.8 cm³/mol. The van der Waals surface area contributed by atoms with Gasteiger partial charge in [-0.05, 0) is 36.8 Å². The number of hydrogen-bond donors (Lipinski definition) is 1. The number of halogens is 3. The Hall–Kier alpha value is -2.01. The van der Waals surface area contributed by atoms with Crippen LogP contribution in [0.4, 0.5) is 13.2 Å². The first kappa shape index (κ1) is 14.4. The van der Waals surface area contributed by atoms with Crippen molar-refractivity contribution in [3.8, 4) is 5.75 Å². The highest BCUT2D eigenvalue weighted by molar-refractivity contribution is 5.27. The molecule has 0 bridgehead atoms. The van der Waals surface area contributed by atoms with Crippen LogP contribution < -0.4 is 10.5 Å². The molecule has 0 saturated heterocycles. The van der Waals surface area contributed by atoms with Crippen LogP contribution in [0.3, 0.4) is 0 Å². The van der Waals surface area contributed by atoms with E-state index in [-0.39, 0.29) is 5.75 Å². The van der Waals surface area contributed by atoms with E-state index in [0.29, 0.717) is 5.56 Å². The Labute approximate surface area is 115 Å². The van der Waals surface area contributed by atoms with Crippen LogP contribution >= 0.6 is 0 Å². The fourth-order valence-corrected chi connectivity index (χ4v) is 1.86. The molecule has 0 aromatic heterocycles. The molecule has 0 aliphatic carbocycles. The van der Waals surface area contributed by atoms with Gasteiger partial charge in [0.25, 0.3) is 0 Å². The minimum absolute atomic E-state index is 0.135. The maximum Gasteiger partial charge on any atom is 0.162 e. The number of ether oxygens (including phenoxy) is 1. The van der Waals surface area contributed by atoms with Crippen molar-refractivity contribution in [1.29, 1.82) is 0 Å². The summed E-state index contributed by atoms with van der Waals surface area (Å²) < 4.78 is 44.8. The van der Waals surface area contributed by atoms with Crippen molar-refractivity contribution >= 4 is 0 Å². The summed E-state index contributed by atoms with van der Waals surface area (Å²) in [5.74, 6) is -2.25. The molecule has 2 atom stereocenters. The van der Waals surface area contributed by atoms with Crippen molar-refractivity contribution in [3.05, 3.63) is 65.5 Å². The van der Waals surface area contributed by atoms with Crippen LogP contribution in [0.25, 0.3) is 0 Å². The number of rotatable bonds is 4. The maximum atomic E-state index is 13.2. The van der Waals surface area contributed by atoms with Crippen molar-refractivity contribution < 1.29 is 17.9 Å². The standard InChI is InChI=1S/C15H14F3NO/c1-9(19)15(10-3-2-4-11(16)7-10)20-12-5-6-13(17)14(18)8-12/h2-9,15H,19H2,1H3. The first-order valence-electron chi connectivity index (χ1n) is 6.10. The Morgan fingerprint density at radius 3 is 2.35 bits per heavy atom. The van der Waals surface area contributed by atoms with E-state index >= 15 is 0 Å². The van der Waals surface area contributed by atoms with E-state index < -0.39 is 29.6 Å². The Morgan fingerprint density at radius 1 is 1.00 bits per heavy atom. The molecule has 0 saturated carbocycles. The summed E-state index contributed by atoms with van der Waals surface area (Å²) in [6, 6.07) is 8.55. The van der Waals surface area contributed by atoms with Crippen molar-refractivity contribution in [1.82, 2.24) is 0 Å². The van der Waals surface area contributed by atoms with Gasteiger partial charge in [-0.25, -0.2) is 13.2 Å². The van der Waals surface area contributed by atoms with Gasteiger partial charge < -0.3 is 10.5 Å². The molecule has 2 aromatic carbocycles. The normalized spacial score (nSPS) is 13.8. The molecule has 0 aliphatic rings. The van der Waals surface area contributed by atoms with Gasteiger partial charge in [0.15, 0.2) is 11.6 Å². The Bertz CT molecular complexity index is 601. The first-order valence-corrected chi connectivity index (χ1v) is 6.10. The third-order valence-electron chi connectivity index (χ3n) is 2.81. The molecule has 106 valence electrons. The first-order chi connectivity index (χ1) is 9.47. The van der Waals surface area contributed by atoms with E-state index in [9.17, 15) is 13.2 Å². The molecule has 20 heavy (non-hydrogen) atoms. The lowest BCUT2D eigenvalue weighted by atomic mass is 10.0. The maximum absolute atomic E-state index is 13.2. The Morgan fingerprint density at radius 2 is 1.75 bits per heavy atom. The summed E-state index contributed by atoms with van der Waals surface area (Å²) in [5.41, 5.74) is 6.35. The summed E-state index contributed by atoms with van der Waals surface area (Å²) in [6.45, 7) is 1.69. The second kappa shape index (κ2) is 5.96. The SMILES string of the molecule is CC(N)C(Oc1ccc(F)c(F)c1)c1cccc(F)c1. The van der Waals surface area contributed by atoms with Gasteiger partial charge in [-0.15, -0.1) is 0 Å². The highest BCUT2D eigenvalue weighted by Gasteiger charge is 2.19. The fraction of sp³-hybridized carbons (Fsp3) is 0.200. The molecule has 2 unspecified atom stereocenters. The van der Waals surface area contributed by atoms with Gasteiger partial charge in [0.05, 0.1) is 0 Å². The summed E-state index contributed by atoms with van der Waals surface area (Å²) in [7, 11) is 0. The van der Waals surface area contributed by atoms with E-state index in [2.05, 4.69) is 0 Å². The van der Waals surface area contributed by atoms with E-state index in [1.807, 2.05) is 0 Å². The van der Waals surface area contributed by atoms with E-state index in [1.165, 1.54) is 24.3 Å². The lowest BCUT2D eigenvalue weighted by molar-refractivity contribution is 0.179. The molecular weight excluding hydrogens is 267 g/mol. The van der Waals surface area contributed by atoms with E-state index in [1.54, 1.807) is 13.0 Å². The lowest BCUT2D eigenvalue weighted by Crippen LogP contribution is -2.29. The Kier molecular flexibility index (Phi) is 4.29. The average molecular weight is 281 g/mol. The zero-order chi connectivity index (χ0) is 14.7. The van der Waals surface area contributed by atoms with E-state index in [4.69, 9.17) is 10.5 Å². The molecule has 0 spiro atoms. The smallest absolute Gasteiger partial charge is 0.162 e. The molecule has 0 heterocycles. The predicted octanol–water partition coefficient (Wildman–Crippen LogP) is 3.57. The van der Waals surface area contributed by atoms with Crippen LogP contribution in [-0.2, 0) is 0 Å². The van der Waals surface area contributed by atoms with Gasteiger partial charge in [0.2, 0.25) is 0 Å². The monoisotopic (exact) mass is 281 g/mol. The molecule has 2 rings (SSSR count). The van der Waals surface area contributed by atoms with Crippen molar-refractivity contribution in [2.75, 3.05) is 0 Å². The van der Waals surface area contributed by atoms with Crippen molar-refractivity contribution in [2.24, 2.45) is 5.73 Å². The third-order valence-corrected chi connectivity index (χ3v) is 2.81. The van der Waals surface area contributed by atoms with Crippen LogP contribution in [0, 0.1) is 17.5 Å². The molecule has 2 nitrogen and oxygen atoms in total. The van der Waals surface area contributed by atoms with Gasteiger partial charge in [0, 0.05) is 12.1 Å². The molecule has 0 fully saturated rings. The third kappa shape index (κ3) is 3.30. The second-order valence-electron chi connectivity index (χ2n) is 4.53. The average Bonchev–Trinajstić information content (AvgIpc) is 2.39. The van der Waals surface area contributed by atoms with Gasteiger partial charge >= 0.3 is 0 Å². The van der Waals surface area contributed by atoms with E-state index in [0.717, 1.165) is 12.1 Å². The minimum Gasteiger partial charge on any atom is -0.484 e. The van der Waals surface area contributed by atoms with Gasteiger partial charge in [-0.2, -0.15) is 0 Å². The summed E-state index contributed by atoms with van der Waals surface area (Å²) in [5, 5.41) is 0. The van der Waals surface area contributed by atoms with Crippen LogP contribution in [0.1, 0.15) is 18.6 Å². The summed E-state index contributed by atoms with van der Waals surface area (Å²) in [4.78, 5) is 0. The minimum atomic E-state index is -1.01. The molecule has 0 radical (unpaired) electrons. The largest absolute Gasteiger partial charge is 0.484 e. The number of hydrogen-bond acceptors (Lipinski definition) is 2. The van der Waals surface area contributed by atoms with Gasteiger partial charge in [-0.1, -0.05) is 12.1 Å². The topological polar surface area (TPSA) is 35.2 Å². The van der Waals surface area contributed by atoms with Crippen molar-refractivity contribution in [2.45, 2.75) is 19.1 Å². The number of benzene rings is 2. The fourth-order valence-electron chi connectivity index (χ4n) is 1.86. The summed E-state index contributed by atoms with van der Waals surface area (Å²) in [6.07, 6.45) is -0.657. The van der Waals surface area contributed by atoms with Crippen LogP contribution in [-0.4, -0.2) is 6.04 Å². The lowest BCUT2D eigenvalue weighted by Gasteiger charge is -2.23. The zero-order valence-electron chi connectivity index (χ0n) is 10.8. The van der Waals surface area contributed by atoms with Crippen LogP contribution in [0.15, 0.2) is 42.5 Å². The van der Waals surface area contributed by atoms with Gasteiger partial charge in [0.1, 0.15) is 17.7 Å². The molecule has 2 N–H and O–H groups in total. The second-order valence-corrected chi connectivity index (χ2v) is 4.53. The summed E-state index contributed by atoms with van der Waals surface area (Å²) >= 11 is 0. The molecule has 0 aliphatic heterocycles. The highest BCUT2D eigenvalue weighted by Crippen LogP contribution is 2.25. The highest BCUT2D eigenvalue weighted by atomic mass is 19.2. The van der Waals surface area contributed by atoms with Crippen LogP contribution in [0.5, 0.6) is 5.75 Å².